The Kier molecular flexibility index (Phi) is 5.35. The number of hydrazone groups is 1. The number of halogens is 1. The van der Waals surface area contributed by atoms with Crippen molar-refractivity contribution in [2.75, 3.05) is 5.32 Å². The van der Waals surface area contributed by atoms with Gasteiger partial charge in [-0.2, -0.15) is 5.10 Å². The fourth-order valence-electron chi connectivity index (χ4n) is 2.41. The maximum Gasteiger partial charge on any atom is 0.283 e. The lowest BCUT2D eigenvalue weighted by molar-refractivity contribution is -0.114. The molecule has 0 aliphatic heterocycles. The highest BCUT2D eigenvalue weighted by Crippen LogP contribution is 2.34. The molecule has 2 amide bonds. The largest absolute Gasteiger partial charge is 0.326 e. The molecule has 7 heteroatoms. The second-order valence-corrected chi connectivity index (χ2v) is 7.07. The van der Waals surface area contributed by atoms with Gasteiger partial charge in [0.2, 0.25) is 5.91 Å². The van der Waals surface area contributed by atoms with Crippen molar-refractivity contribution >= 4 is 56.2 Å². The molecule has 0 saturated heterocycles. The van der Waals surface area contributed by atoms with Crippen molar-refractivity contribution in [3.8, 4) is 0 Å². The zero-order valence-electron chi connectivity index (χ0n) is 14.2. The van der Waals surface area contributed by atoms with Crippen molar-refractivity contribution in [3.63, 3.8) is 0 Å². The molecule has 3 rings (SSSR count). The zero-order valence-corrected chi connectivity index (χ0v) is 15.7. The molecule has 1 heterocycles. The second-order valence-electron chi connectivity index (χ2n) is 5.64. The van der Waals surface area contributed by atoms with Crippen molar-refractivity contribution < 1.29 is 9.59 Å². The minimum atomic E-state index is -0.342. The van der Waals surface area contributed by atoms with Gasteiger partial charge >= 0.3 is 0 Å². The molecule has 0 bridgehead atoms. The number of benzene rings is 2. The summed E-state index contributed by atoms with van der Waals surface area (Å²) in [4.78, 5) is 23.9. The van der Waals surface area contributed by atoms with Gasteiger partial charge in [-0.05, 0) is 30.7 Å². The quantitative estimate of drug-likeness (QED) is 0.506. The van der Waals surface area contributed by atoms with Crippen molar-refractivity contribution in [2.24, 2.45) is 5.10 Å². The molecule has 0 spiro atoms. The summed E-state index contributed by atoms with van der Waals surface area (Å²) in [6.07, 6.45) is 0. The molecule has 1 aromatic heterocycles. The summed E-state index contributed by atoms with van der Waals surface area (Å²) in [5.74, 6) is -0.471. The lowest BCUT2D eigenvalue weighted by atomic mass is 10.1. The van der Waals surface area contributed by atoms with Crippen LogP contribution in [0.25, 0.3) is 10.1 Å². The summed E-state index contributed by atoms with van der Waals surface area (Å²) in [5.41, 5.74) is 4.73. The molecule has 132 valence electrons. The number of anilines is 1. The van der Waals surface area contributed by atoms with Gasteiger partial charge in [-0.15, -0.1) is 11.3 Å². The summed E-state index contributed by atoms with van der Waals surface area (Å²) in [6, 6.07) is 14.8. The lowest BCUT2D eigenvalue weighted by Gasteiger charge is -2.05. The Bertz CT molecular complexity index is 1010. The number of carbonyl (C=O) groups is 2. The van der Waals surface area contributed by atoms with Gasteiger partial charge in [0.15, 0.2) is 0 Å². The normalized spacial score (nSPS) is 11.4. The van der Waals surface area contributed by atoms with Gasteiger partial charge in [0, 0.05) is 22.7 Å². The first-order valence-corrected chi connectivity index (χ1v) is 9.05. The van der Waals surface area contributed by atoms with E-state index < -0.39 is 0 Å². The van der Waals surface area contributed by atoms with Crippen molar-refractivity contribution in [2.45, 2.75) is 13.8 Å². The Balaban J connectivity index is 1.74. The van der Waals surface area contributed by atoms with E-state index in [0.29, 0.717) is 21.3 Å². The van der Waals surface area contributed by atoms with Crippen molar-refractivity contribution in [1.82, 2.24) is 5.43 Å². The van der Waals surface area contributed by atoms with Crippen LogP contribution in [0.4, 0.5) is 5.69 Å². The Morgan fingerprint density at radius 3 is 2.38 bits per heavy atom. The number of nitrogens with one attached hydrogen (secondary N) is 2. The van der Waals surface area contributed by atoms with Gasteiger partial charge in [0.25, 0.3) is 5.91 Å². The van der Waals surface area contributed by atoms with Gasteiger partial charge in [-0.3, -0.25) is 9.59 Å². The maximum absolute atomic E-state index is 12.4. The van der Waals surface area contributed by atoms with Crippen LogP contribution in [0.15, 0.2) is 53.6 Å². The van der Waals surface area contributed by atoms with Crippen LogP contribution >= 0.6 is 22.9 Å². The van der Waals surface area contributed by atoms with Crippen LogP contribution in [0, 0.1) is 0 Å². The molecule has 5 nitrogen and oxygen atoms in total. The molecule has 2 N–H and O–H groups in total. The van der Waals surface area contributed by atoms with Crippen molar-refractivity contribution in [1.29, 1.82) is 0 Å². The van der Waals surface area contributed by atoms with Gasteiger partial charge in [0.1, 0.15) is 4.88 Å². The Hall–Kier alpha value is -2.70. The molecule has 0 unspecified atom stereocenters. The van der Waals surface area contributed by atoms with E-state index in [4.69, 9.17) is 11.6 Å². The van der Waals surface area contributed by atoms with E-state index in [-0.39, 0.29) is 11.8 Å². The standard InChI is InChI=1S/C19H16ClN3O2S/c1-11(13-7-9-14(10-8-13)21-12(2)24)22-23-19(25)18-17(20)15-5-3-4-6-16(15)26-18/h3-10H,1-2H3,(H,21,24)(H,23,25). The predicted octanol–water partition coefficient (Wildman–Crippen LogP) is 4.67. The number of fused-ring (bicyclic) bond motifs is 1. The predicted molar refractivity (Wildman–Crippen MR) is 107 cm³/mol. The van der Waals surface area contributed by atoms with Gasteiger partial charge in [-0.25, -0.2) is 5.43 Å². The number of thiophene rings is 1. The Morgan fingerprint density at radius 2 is 1.73 bits per heavy atom. The third-order valence-electron chi connectivity index (χ3n) is 3.69. The number of nitrogens with zero attached hydrogens (tertiary/aromatic N) is 1. The van der Waals surface area contributed by atoms with E-state index in [9.17, 15) is 9.59 Å². The molecule has 0 saturated carbocycles. The Morgan fingerprint density at radius 1 is 1.04 bits per heavy atom. The molecule has 2 aromatic carbocycles. The van der Waals surface area contributed by atoms with Crippen LogP contribution in [0.3, 0.4) is 0 Å². The first-order valence-electron chi connectivity index (χ1n) is 7.85. The number of amides is 2. The molecule has 0 radical (unpaired) electrons. The molecule has 0 aliphatic carbocycles. The third-order valence-corrected chi connectivity index (χ3v) is 5.36. The monoisotopic (exact) mass is 385 g/mol. The highest BCUT2D eigenvalue weighted by molar-refractivity contribution is 7.21. The maximum atomic E-state index is 12.4. The number of hydrogen-bond donors (Lipinski definition) is 2. The summed E-state index contributed by atoms with van der Waals surface area (Å²) in [5, 5.41) is 8.15. The van der Waals surface area contributed by atoms with Gasteiger partial charge < -0.3 is 5.32 Å². The van der Waals surface area contributed by atoms with Crippen LogP contribution in [0.2, 0.25) is 5.02 Å². The highest BCUT2D eigenvalue weighted by atomic mass is 35.5. The molecular formula is C19H16ClN3O2S. The lowest BCUT2D eigenvalue weighted by Crippen LogP contribution is -2.18. The first kappa shape index (κ1) is 18.1. The molecule has 3 aromatic rings. The molecule has 0 atom stereocenters. The summed E-state index contributed by atoms with van der Waals surface area (Å²) in [6.45, 7) is 3.25. The SMILES string of the molecule is CC(=O)Nc1ccc(C(C)=NNC(=O)c2sc3ccccc3c2Cl)cc1. The van der Waals surface area contributed by atoms with Crippen LogP contribution in [-0.2, 0) is 4.79 Å². The van der Waals surface area contributed by atoms with Crippen molar-refractivity contribution in [3.05, 3.63) is 64.0 Å². The fraction of sp³-hybridized carbons (Fsp3) is 0.105. The molecule has 0 fully saturated rings. The Labute approximate surface area is 159 Å². The van der Waals surface area contributed by atoms with Crippen LogP contribution in [-0.4, -0.2) is 17.5 Å². The second kappa shape index (κ2) is 7.68. The minimum absolute atomic E-state index is 0.129. The van der Waals surface area contributed by atoms with E-state index >= 15 is 0 Å². The topological polar surface area (TPSA) is 70.6 Å². The average molecular weight is 386 g/mol. The fourth-order valence-corrected chi connectivity index (χ4v) is 3.81. The summed E-state index contributed by atoms with van der Waals surface area (Å²) >= 11 is 7.64. The number of hydrogen-bond acceptors (Lipinski definition) is 4. The van der Waals surface area contributed by atoms with E-state index in [1.165, 1.54) is 18.3 Å². The molecule has 0 aliphatic rings. The summed E-state index contributed by atoms with van der Waals surface area (Å²) < 4.78 is 0.955. The minimum Gasteiger partial charge on any atom is -0.326 e. The van der Waals surface area contributed by atoms with E-state index in [1.807, 2.05) is 36.4 Å². The molecular weight excluding hydrogens is 370 g/mol. The van der Waals surface area contributed by atoms with Crippen LogP contribution < -0.4 is 10.7 Å². The summed E-state index contributed by atoms with van der Waals surface area (Å²) in [7, 11) is 0. The van der Waals surface area contributed by atoms with Gasteiger partial charge in [-0.1, -0.05) is 41.9 Å². The van der Waals surface area contributed by atoms with Crippen LogP contribution in [0.1, 0.15) is 29.1 Å². The van der Waals surface area contributed by atoms with E-state index in [1.54, 1.807) is 19.1 Å². The molecule has 26 heavy (non-hydrogen) atoms. The highest BCUT2D eigenvalue weighted by Gasteiger charge is 2.16. The van der Waals surface area contributed by atoms with Gasteiger partial charge in [0.05, 0.1) is 10.7 Å². The van der Waals surface area contributed by atoms with E-state index in [0.717, 1.165) is 15.6 Å². The number of carbonyl (C=O) groups excluding carboxylic acids is 2. The smallest absolute Gasteiger partial charge is 0.283 e. The van der Waals surface area contributed by atoms with Crippen LogP contribution in [0.5, 0.6) is 0 Å². The number of rotatable bonds is 4. The van der Waals surface area contributed by atoms with E-state index in [2.05, 4.69) is 15.8 Å². The average Bonchev–Trinajstić information content (AvgIpc) is 2.97. The zero-order chi connectivity index (χ0) is 18.7. The first-order chi connectivity index (χ1) is 12.5. The third kappa shape index (κ3) is 3.92.